The van der Waals surface area contributed by atoms with E-state index in [0.29, 0.717) is 17.8 Å². The van der Waals surface area contributed by atoms with Gasteiger partial charge in [-0.3, -0.25) is 0 Å². The molecule has 3 nitrogen and oxygen atoms in total. The van der Waals surface area contributed by atoms with Crippen molar-refractivity contribution in [2.24, 2.45) is 0 Å². The van der Waals surface area contributed by atoms with Crippen molar-refractivity contribution < 1.29 is 4.74 Å². The van der Waals surface area contributed by atoms with Crippen molar-refractivity contribution >= 4 is 0 Å². The Balaban J connectivity index is 2.03. The molecular formula is C18H24N2O. The molecule has 0 unspecified atom stereocenters. The van der Waals surface area contributed by atoms with Crippen LogP contribution in [0.4, 0.5) is 0 Å². The lowest BCUT2D eigenvalue weighted by molar-refractivity contribution is 0.461. The van der Waals surface area contributed by atoms with Crippen molar-refractivity contribution in [1.29, 1.82) is 0 Å². The molecular weight excluding hydrogens is 260 g/mol. The van der Waals surface area contributed by atoms with Gasteiger partial charge in [0.15, 0.2) is 0 Å². The van der Waals surface area contributed by atoms with Crippen molar-refractivity contribution in [1.82, 2.24) is 10.3 Å². The maximum Gasteiger partial charge on any atom is 0.219 e. The largest absolute Gasteiger partial charge is 0.439 e. The Kier molecular flexibility index (Phi) is 5.34. The van der Waals surface area contributed by atoms with E-state index in [1.807, 2.05) is 24.3 Å². The summed E-state index contributed by atoms with van der Waals surface area (Å²) in [5, 5.41) is 3.39. The van der Waals surface area contributed by atoms with Crippen LogP contribution in [0, 0.1) is 0 Å². The molecule has 1 aromatic carbocycles. The van der Waals surface area contributed by atoms with Gasteiger partial charge >= 0.3 is 0 Å². The molecule has 0 amide bonds. The molecule has 0 aliphatic rings. The van der Waals surface area contributed by atoms with Crippen molar-refractivity contribution in [3.8, 4) is 11.6 Å². The van der Waals surface area contributed by atoms with Crippen molar-refractivity contribution in [3.63, 3.8) is 0 Å². The first-order valence-electron chi connectivity index (χ1n) is 7.50. The molecule has 1 N–H and O–H groups in total. The fraction of sp³-hybridized carbons (Fsp3) is 0.389. The van der Waals surface area contributed by atoms with Crippen LogP contribution in [0.3, 0.4) is 0 Å². The van der Waals surface area contributed by atoms with Gasteiger partial charge in [0, 0.05) is 24.8 Å². The first kappa shape index (κ1) is 15.5. The molecule has 0 saturated carbocycles. The van der Waals surface area contributed by atoms with Gasteiger partial charge in [-0.25, -0.2) is 4.98 Å². The lowest BCUT2D eigenvalue weighted by Gasteiger charge is -2.10. The van der Waals surface area contributed by atoms with E-state index < -0.39 is 0 Å². The number of hydrogen-bond acceptors (Lipinski definition) is 3. The highest BCUT2D eigenvalue weighted by molar-refractivity contribution is 5.32. The van der Waals surface area contributed by atoms with E-state index in [1.54, 1.807) is 6.20 Å². The number of nitrogens with zero attached hydrogens (tertiary/aromatic N) is 1. The smallest absolute Gasteiger partial charge is 0.219 e. The van der Waals surface area contributed by atoms with Gasteiger partial charge in [-0.05, 0) is 35.2 Å². The number of benzene rings is 1. The molecule has 21 heavy (non-hydrogen) atoms. The Morgan fingerprint density at radius 2 is 1.76 bits per heavy atom. The van der Waals surface area contributed by atoms with Crippen LogP contribution in [0.2, 0.25) is 0 Å². The minimum absolute atomic E-state index is 0.464. The van der Waals surface area contributed by atoms with Crippen LogP contribution in [0.15, 0.2) is 42.6 Å². The van der Waals surface area contributed by atoms with E-state index in [2.05, 4.69) is 50.1 Å². The predicted molar refractivity (Wildman–Crippen MR) is 86.8 cm³/mol. The maximum absolute atomic E-state index is 5.82. The lowest BCUT2D eigenvalue weighted by Crippen LogP contribution is -2.21. The molecule has 0 aliphatic heterocycles. The van der Waals surface area contributed by atoms with Crippen LogP contribution >= 0.6 is 0 Å². The summed E-state index contributed by atoms with van der Waals surface area (Å²) >= 11 is 0. The Morgan fingerprint density at radius 1 is 1.05 bits per heavy atom. The van der Waals surface area contributed by atoms with Crippen LogP contribution in [-0.4, -0.2) is 11.0 Å². The molecule has 1 heterocycles. The molecule has 2 aromatic rings. The molecule has 0 aliphatic carbocycles. The summed E-state index contributed by atoms with van der Waals surface area (Å²) in [6.07, 6.45) is 1.79. The molecule has 0 bridgehead atoms. The highest BCUT2D eigenvalue weighted by Crippen LogP contribution is 2.23. The van der Waals surface area contributed by atoms with Crippen LogP contribution < -0.4 is 10.1 Å². The number of aromatic nitrogens is 1. The molecule has 2 rings (SSSR count). The zero-order chi connectivity index (χ0) is 15.2. The van der Waals surface area contributed by atoms with Crippen LogP contribution in [0.25, 0.3) is 0 Å². The summed E-state index contributed by atoms with van der Waals surface area (Å²) in [6.45, 7) is 9.46. The molecule has 1 aromatic heterocycles. The van der Waals surface area contributed by atoms with Gasteiger partial charge in [0.25, 0.3) is 0 Å². The summed E-state index contributed by atoms with van der Waals surface area (Å²) < 4.78 is 5.82. The monoisotopic (exact) mass is 284 g/mol. The zero-order valence-electron chi connectivity index (χ0n) is 13.3. The highest BCUT2D eigenvalue weighted by Gasteiger charge is 2.03. The summed E-state index contributed by atoms with van der Waals surface area (Å²) in [5.41, 5.74) is 2.48. The van der Waals surface area contributed by atoms with E-state index in [9.17, 15) is 0 Å². The number of rotatable bonds is 6. The standard InChI is InChI=1S/C18H24N2O/c1-13(2)16-5-7-17(8-6-16)21-18-11-15(9-10-19-18)12-20-14(3)4/h5-11,13-14,20H,12H2,1-4H3. The van der Waals surface area contributed by atoms with E-state index in [4.69, 9.17) is 4.74 Å². The number of hydrogen-bond donors (Lipinski definition) is 1. The second kappa shape index (κ2) is 7.23. The van der Waals surface area contributed by atoms with E-state index in [-0.39, 0.29) is 0 Å². The van der Waals surface area contributed by atoms with Gasteiger partial charge in [0.2, 0.25) is 5.88 Å². The minimum Gasteiger partial charge on any atom is -0.439 e. The number of nitrogens with one attached hydrogen (secondary N) is 1. The maximum atomic E-state index is 5.82. The van der Waals surface area contributed by atoms with Gasteiger partial charge < -0.3 is 10.1 Å². The van der Waals surface area contributed by atoms with E-state index in [1.165, 1.54) is 11.1 Å². The summed E-state index contributed by atoms with van der Waals surface area (Å²) in [7, 11) is 0. The minimum atomic E-state index is 0.464. The SMILES string of the molecule is CC(C)NCc1ccnc(Oc2ccc(C(C)C)cc2)c1. The quantitative estimate of drug-likeness (QED) is 0.848. The van der Waals surface area contributed by atoms with Crippen LogP contribution in [0.1, 0.15) is 44.7 Å². The Labute approximate surface area is 127 Å². The van der Waals surface area contributed by atoms with Gasteiger partial charge in [0.1, 0.15) is 5.75 Å². The summed E-state index contributed by atoms with van der Waals surface area (Å²) in [4.78, 5) is 4.27. The van der Waals surface area contributed by atoms with Gasteiger partial charge in [-0.1, -0.05) is 39.8 Å². The van der Waals surface area contributed by atoms with Gasteiger partial charge in [0.05, 0.1) is 0 Å². The third kappa shape index (κ3) is 4.87. The van der Waals surface area contributed by atoms with Crippen molar-refractivity contribution in [3.05, 3.63) is 53.7 Å². The van der Waals surface area contributed by atoms with Gasteiger partial charge in [-0.2, -0.15) is 0 Å². The molecule has 0 radical (unpaired) electrons. The first-order valence-corrected chi connectivity index (χ1v) is 7.50. The number of pyridine rings is 1. The second-order valence-corrected chi connectivity index (χ2v) is 5.86. The number of ether oxygens (including phenoxy) is 1. The Morgan fingerprint density at radius 3 is 2.38 bits per heavy atom. The molecule has 3 heteroatoms. The molecule has 0 fully saturated rings. The van der Waals surface area contributed by atoms with E-state index in [0.717, 1.165) is 12.3 Å². The zero-order valence-corrected chi connectivity index (χ0v) is 13.3. The van der Waals surface area contributed by atoms with Crippen LogP contribution in [-0.2, 0) is 6.54 Å². The molecule has 112 valence electrons. The van der Waals surface area contributed by atoms with Crippen molar-refractivity contribution in [2.75, 3.05) is 0 Å². The topological polar surface area (TPSA) is 34.2 Å². The first-order chi connectivity index (χ1) is 10.0. The Bertz CT molecular complexity index is 562. The fourth-order valence-corrected chi connectivity index (χ4v) is 1.98. The molecule has 0 atom stereocenters. The molecule has 0 saturated heterocycles. The summed E-state index contributed by atoms with van der Waals surface area (Å²) in [6, 6.07) is 12.6. The predicted octanol–water partition coefficient (Wildman–Crippen LogP) is 4.50. The third-order valence-corrected chi connectivity index (χ3v) is 3.28. The van der Waals surface area contributed by atoms with Crippen molar-refractivity contribution in [2.45, 2.75) is 46.2 Å². The fourth-order valence-electron chi connectivity index (χ4n) is 1.98. The van der Waals surface area contributed by atoms with Crippen LogP contribution in [0.5, 0.6) is 11.6 Å². The summed E-state index contributed by atoms with van der Waals surface area (Å²) in [5.74, 6) is 1.99. The average molecular weight is 284 g/mol. The molecule has 0 spiro atoms. The third-order valence-electron chi connectivity index (χ3n) is 3.28. The average Bonchev–Trinajstić information content (AvgIpc) is 2.46. The normalized spacial score (nSPS) is 11.1. The van der Waals surface area contributed by atoms with E-state index >= 15 is 0 Å². The van der Waals surface area contributed by atoms with Gasteiger partial charge in [-0.15, -0.1) is 0 Å². The highest BCUT2D eigenvalue weighted by atomic mass is 16.5. The lowest BCUT2D eigenvalue weighted by atomic mass is 10.0. The second-order valence-electron chi connectivity index (χ2n) is 5.86. The Hall–Kier alpha value is -1.87.